The molecule has 0 saturated carbocycles. The molecule has 160 valence electrons. The fourth-order valence-corrected chi connectivity index (χ4v) is 3.78. The Balaban J connectivity index is 1.41. The Hall–Kier alpha value is -4.20. The number of nitrogens with zero attached hydrogens (tertiary/aromatic N) is 4. The maximum absolute atomic E-state index is 5.39. The summed E-state index contributed by atoms with van der Waals surface area (Å²) in [6, 6.07) is 11.8. The van der Waals surface area contributed by atoms with E-state index in [9.17, 15) is 0 Å². The maximum atomic E-state index is 5.39. The lowest BCUT2D eigenvalue weighted by Crippen LogP contribution is -2.09. The summed E-state index contributed by atoms with van der Waals surface area (Å²) in [6.07, 6.45) is 7.95. The van der Waals surface area contributed by atoms with E-state index in [0.29, 0.717) is 12.5 Å². The molecule has 1 aromatic carbocycles. The van der Waals surface area contributed by atoms with Gasteiger partial charge in [-0.1, -0.05) is 6.07 Å². The summed E-state index contributed by atoms with van der Waals surface area (Å²) in [5, 5.41) is 6.71. The van der Waals surface area contributed by atoms with Crippen molar-refractivity contribution in [2.75, 3.05) is 31.4 Å². The van der Waals surface area contributed by atoms with E-state index in [4.69, 9.17) is 14.5 Å². The van der Waals surface area contributed by atoms with E-state index in [1.165, 1.54) is 0 Å². The molecule has 0 unspecified atom stereocenters. The summed E-state index contributed by atoms with van der Waals surface area (Å²) in [7, 11) is 3.27. The average molecular weight is 426 g/mol. The molecule has 0 atom stereocenters. The second-order valence-electron chi connectivity index (χ2n) is 7.27. The normalized spacial score (nSPS) is 11.3. The Morgan fingerprint density at radius 3 is 2.69 bits per heavy atom. The summed E-state index contributed by atoms with van der Waals surface area (Å²) < 4.78 is 10.7. The van der Waals surface area contributed by atoms with Gasteiger partial charge in [0, 0.05) is 41.8 Å². The molecule has 0 fully saturated rings. The third kappa shape index (κ3) is 3.66. The van der Waals surface area contributed by atoms with Crippen LogP contribution >= 0.6 is 0 Å². The molecule has 1 aliphatic heterocycles. The number of hydrogen-bond acceptors (Lipinski definition) is 8. The second kappa shape index (κ2) is 8.50. The quantitative estimate of drug-likeness (QED) is 0.414. The molecule has 0 saturated heterocycles. The largest absolute Gasteiger partial charge is 0.493 e. The molecular weight excluding hydrogens is 404 g/mol. The first-order chi connectivity index (χ1) is 15.8. The molecule has 0 bridgehead atoms. The first-order valence-electron chi connectivity index (χ1n) is 10.3. The van der Waals surface area contributed by atoms with Crippen molar-refractivity contribution in [2.45, 2.75) is 6.42 Å². The molecular formula is C24H22N6O2. The minimum atomic E-state index is 0.566. The van der Waals surface area contributed by atoms with Gasteiger partial charge >= 0.3 is 0 Å². The highest BCUT2D eigenvalue weighted by Crippen LogP contribution is 2.41. The van der Waals surface area contributed by atoms with Crippen LogP contribution in [0.1, 0.15) is 5.56 Å². The number of methoxy groups -OCH3 is 2. The lowest BCUT2D eigenvalue weighted by atomic mass is 10.0. The Labute approximate surface area is 185 Å². The van der Waals surface area contributed by atoms with E-state index < -0.39 is 0 Å². The zero-order chi connectivity index (χ0) is 21.9. The van der Waals surface area contributed by atoms with Gasteiger partial charge in [0.1, 0.15) is 5.82 Å². The minimum Gasteiger partial charge on any atom is -0.493 e. The Kier molecular flexibility index (Phi) is 5.25. The van der Waals surface area contributed by atoms with E-state index in [0.717, 1.165) is 57.4 Å². The average Bonchev–Trinajstić information content (AvgIpc) is 2.98. The van der Waals surface area contributed by atoms with E-state index >= 15 is 0 Å². The van der Waals surface area contributed by atoms with Gasteiger partial charge in [-0.05, 0) is 42.3 Å². The van der Waals surface area contributed by atoms with Crippen LogP contribution in [0.2, 0.25) is 0 Å². The van der Waals surface area contributed by atoms with Crippen molar-refractivity contribution in [3.63, 3.8) is 0 Å². The number of nitrogens with one attached hydrogen (secondary N) is 2. The number of rotatable bonds is 6. The highest BCUT2D eigenvalue weighted by atomic mass is 16.5. The fourth-order valence-electron chi connectivity index (χ4n) is 3.78. The Morgan fingerprint density at radius 1 is 0.906 bits per heavy atom. The number of pyridine rings is 2. The molecule has 32 heavy (non-hydrogen) atoms. The van der Waals surface area contributed by atoms with Crippen molar-refractivity contribution in [3.05, 3.63) is 66.7 Å². The summed E-state index contributed by atoms with van der Waals surface area (Å²) in [5.41, 5.74) is 5.68. The molecule has 2 N–H and O–H groups in total. The standard InChI is InChI=1S/C24H22N6O2/c1-31-20-6-5-15(12-21(20)32-2)7-11-27-24-28-13-18-16-8-10-25-14-19(16)29-23-17(22(18)30-24)4-3-9-26-23/h3-6,8-10,12-14H,7,11H2,1-2H3,(H,26,29)(H,27,28,30). The van der Waals surface area contributed by atoms with Crippen LogP contribution in [0.15, 0.2) is 61.2 Å². The van der Waals surface area contributed by atoms with Crippen LogP contribution in [0.3, 0.4) is 0 Å². The van der Waals surface area contributed by atoms with Gasteiger partial charge in [-0.2, -0.15) is 0 Å². The van der Waals surface area contributed by atoms with Gasteiger partial charge in [-0.3, -0.25) is 4.98 Å². The van der Waals surface area contributed by atoms with Crippen molar-refractivity contribution in [1.29, 1.82) is 0 Å². The van der Waals surface area contributed by atoms with Gasteiger partial charge in [0.2, 0.25) is 5.95 Å². The lowest BCUT2D eigenvalue weighted by Gasteiger charge is -2.12. The summed E-state index contributed by atoms with van der Waals surface area (Å²) in [6.45, 7) is 0.674. The Bertz CT molecular complexity index is 1280. The third-order valence-corrected chi connectivity index (χ3v) is 5.36. The SMILES string of the molecule is COc1ccc(CCNc2ncc3c(n2)-c2cccnc2Nc2cnccc2-3)cc1OC. The van der Waals surface area contributed by atoms with Gasteiger partial charge in [0.25, 0.3) is 0 Å². The van der Waals surface area contributed by atoms with Crippen molar-refractivity contribution in [3.8, 4) is 33.9 Å². The van der Waals surface area contributed by atoms with Gasteiger partial charge < -0.3 is 20.1 Å². The minimum absolute atomic E-state index is 0.566. The van der Waals surface area contributed by atoms with Crippen molar-refractivity contribution >= 4 is 17.5 Å². The molecule has 4 aromatic rings. The van der Waals surface area contributed by atoms with Gasteiger partial charge in [0.05, 0.1) is 31.8 Å². The van der Waals surface area contributed by atoms with Crippen LogP contribution in [0, 0.1) is 0 Å². The van der Waals surface area contributed by atoms with Gasteiger partial charge in [-0.15, -0.1) is 0 Å². The highest BCUT2D eigenvalue weighted by molar-refractivity contribution is 5.95. The molecule has 3 aromatic heterocycles. The van der Waals surface area contributed by atoms with Crippen LogP contribution in [0.25, 0.3) is 22.4 Å². The van der Waals surface area contributed by atoms with Crippen LogP contribution in [-0.4, -0.2) is 40.7 Å². The molecule has 5 rings (SSSR count). The van der Waals surface area contributed by atoms with Crippen LogP contribution in [0.4, 0.5) is 17.5 Å². The number of fused-ring (bicyclic) bond motifs is 5. The molecule has 4 heterocycles. The predicted molar refractivity (Wildman–Crippen MR) is 124 cm³/mol. The maximum Gasteiger partial charge on any atom is 0.223 e. The smallest absolute Gasteiger partial charge is 0.223 e. The molecule has 8 nitrogen and oxygen atoms in total. The van der Waals surface area contributed by atoms with Crippen molar-refractivity contribution < 1.29 is 9.47 Å². The van der Waals surface area contributed by atoms with Crippen LogP contribution in [-0.2, 0) is 6.42 Å². The molecule has 0 spiro atoms. The zero-order valence-corrected chi connectivity index (χ0v) is 17.8. The zero-order valence-electron chi connectivity index (χ0n) is 17.8. The molecule has 8 heteroatoms. The number of benzene rings is 1. The van der Waals surface area contributed by atoms with E-state index in [1.807, 2.05) is 42.6 Å². The van der Waals surface area contributed by atoms with Crippen molar-refractivity contribution in [2.24, 2.45) is 0 Å². The number of aromatic nitrogens is 4. The topological polar surface area (TPSA) is 94.1 Å². The third-order valence-electron chi connectivity index (χ3n) is 5.36. The summed E-state index contributed by atoms with van der Waals surface area (Å²) in [4.78, 5) is 18.1. The predicted octanol–water partition coefficient (Wildman–Crippen LogP) is 4.33. The fraction of sp³-hybridized carbons (Fsp3) is 0.167. The van der Waals surface area contributed by atoms with E-state index in [2.05, 4.69) is 25.6 Å². The number of anilines is 3. The molecule has 0 radical (unpaired) electrons. The highest BCUT2D eigenvalue weighted by Gasteiger charge is 2.21. The van der Waals surface area contributed by atoms with Gasteiger partial charge in [0.15, 0.2) is 11.5 Å². The lowest BCUT2D eigenvalue weighted by molar-refractivity contribution is 0.354. The van der Waals surface area contributed by atoms with Gasteiger partial charge in [-0.25, -0.2) is 15.0 Å². The molecule has 0 aliphatic carbocycles. The molecule has 0 amide bonds. The number of ether oxygens (including phenoxy) is 2. The van der Waals surface area contributed by atoms with Crippen molar-refractivity contribution in [1.82, 2.24) is 19.9 Å². The summed E-state index contributed by atoms with van der Waals surface area (Å²) in [5.74, 6) is 2.75. The van der Waals surface area contributed by atoms with E-state index in [1.54, 1.807) is 32.8 Å². The van der Waals surface area contributed by atoms with Crippen LogP contribution in [0.5, 0.6) is 11.5 Å². The monoisotopic (exact) mass is 426 g/mol. The second-order valence-corrected chi connectivity index (χ2v) is 7.27. The Morgan fingerprint density at radius 2 is 1.81 bits per heavy atom. The number of hydrogen-bond donors (Lipinski definition) is 2. The first kappa shape index (κ1) is 19.7. The molecule has 1 aliphatic rings. The van der Waals surface area contributed by atoms with E-state index in [-0.39, 0.29) is 0 Å². The van der Waals surface area contributed by atoms with Crippen LogP contribution < -0.4 is 20.1 Å². The summed E-state index contributed by atoms with van der Waals surface area (Å²) >= 11 is 0. The first-order valence-corrected chi connectivity index (χ1v) is 10.3.